The number of rotatable bonds is 7. The van der Waals surface area contributed by atoms with Crippen LogP contribution in [0.1, 0.15) is 47.5 Å². The van der Waals surface area contributed by atoms with Crippen LogP contribution in [-0.2, 0) is 9.47 Å². The zero-order valence-corrected chi connectivity index (χ0v) is 21.1. The second-order valence-electron chi connectivity index (χ2n) is 9.55. The fraction of sp³-hybridized carbons (Fsp3) is 0.682. The van der Waals surface area contributed by atoms with Gasteiger partial charge >= 0.3 is 6.09 Å². The molecule has 0 aliphatic carbocycles. The molecule has 1 amide bonds. The van der Waals surface area contributed by atoms with Crippen LogP contribution in [-0.4, -0.2) is 63.8 Å². The molecule has 2 aromatic heterocycles. The monoisotopic (exact) mass is 511 g/mol. The van der Waals surface area contributed by atoms with E-state index in [4.69, 9.17) is 9.47 Å². The van der Waals surface area contributed by atoms with E-state index in [-0.39, 0.29) is 24.5 Å². The van der Waals surface area contributed by atoms with Crippen molar-refractivity contribution in [2.45, 2.75) is 59.1 Å². The Hall–Kier alpha value is -1.91. The van der Waals surface area contributed by atoms with Gasteiger partial charge in [-0.3, -0.25) is 4.90 Å². The van der Waals surface area contributed by atoms with Crippen molar-refractivity contribution in [3.63, 3.8) is 0 Å². The fourth-order valence-corrected chi connectivity index (χ4v) is 3.91. The predicted octanol–water partition coefficient (Wildman–Crippen LogP) is 4.09. The summed E-state index contributed by atoms with van der Waals surface area (Å²) in [6.45, 7) is 11.4. The standard InChI is InChI=1S/C22H34BrN5O4/c1-14(2)17(13-29)25-18-10-19(28-20(26-18)16(23)11-24-28)27(21(30)32-22(3,4)5)12-15-6-8-31-9-7-15/h10-11,14-15,17,29H,6-9,12-13H2,1-5H3,(H,25,26). The van der Waals surface area contributed by atoms with Crippen molar-refractivity contribution in [3.05, 3.63) is 16.7 Å². The SMILES string of the molecule is CC(C)C(CO)Nc1cc(N(CC2CCOCC2)C(=O)OC(C)(C)C)n2ncc(Br)c2n1. The molecule has 0 saturated carbocycles. The Labute approximate surface area is 197 Å². The Morgan fingerprint density at radius 2 is 2.09 bits per heavy atom. The lowest BCUT2D eigenvalue weighted by atomic mass is 10.00. The number of nitrogens with one attached hydrogen (secondary N) is 1. The number of ether oxygens (including phenoxy) is 2. The molecule has 1 unspecified atom stereocenters. The summed E-state index contributed by atoms with van der Waals surface area (Å²) in [6, 6.07) is 1.62. The van der Waals surface area contributed by atoms with Crippen molar-refractivity contribution in [1.29, 1.82) is 0 Å². The largest absolute Gasteiger partial charge is 0.443 e. The number of carbonyl (C=O) groups is 1. The first-order chi connectivity index (χ1) is 15.1. The molecular weight excluding hydrogens is 478 g/mol. The highest BCUT2D eigenvalue weighted by Crippen LogP contribution is 2.29. The van der Waals surface area contributed by atoms with E-state index in [1.165, 1.54) is 0 Å². The second-order valence-corrected chi connectivity index (χ2v) is 10.4. The molecule has 2 N–H and O–H groups in total. The molecular formula is C22H34BrN5O4. The van der Waals surface area contributed by atoms with Gasteiger partial charge in [-0.05, 0) is 61.4 Å². The Morgan fingerprint density at radius 3 is 2.69 bits per heavy atom. The summed E-state index contributed by atoms with van der Waals surface area (Å²) in [6.07, 6.45) is 2.98. The first-order valence-electron chi connectivity index (χ1n) is 11.1. The lowest BCUT2D eigenvalue weighted by Gasteiger charge is -2.32. The molecule has 10 heteroatoms. The van der Waals surface area contributed by atoms with E-state index >= 15 is 0 Å². The van der Waals surface area contributed by atoms with Gasteiger partial charge in [-0.1, -0.05) is 13.8 Å². The fourth-order valence-electron chi connectivity index (χ4n) is 3.57. The molecule has 3 heterocycles. The summed E-state index contributed by atoms with van der Waals surface area (Å²) in [7, 11) is 0. The van der Waals surface area contributed by atoms with Crippen LogP contribution in [0.15, 0.2) is 16.7 Å². The van der Waals surface area contributed by atoms with E-state index in [1.54, 1.807) is 21.7 Å². The van der Waals surface area contributed by atoms with Crippen molar-refractivity contribution < 1.29 is 19.4 Å². The van der Waals surface area contributed by atoms with Gasteiger partial charge < -0.3 is 19.9 Å². The summed E-state index contributed by atoms with van der Waals surface area (Å²) in [5.41, 5.74) is -0.0614. The van der Waals surface area contributed by atoms with Crippen LogP contribution >= 0.6 is 15.9 Å². The number of hydrogen-bond acceptors (Lipinski definition) is 7. The molecule has 0 radical (unpaired) electrons. The molecule has 0 bridgehead atoms. The number of halogens is 1. The van der Waals surface area contributed by atoms with Gasteiger partial charge in [0.2, 0.25) is 0 Å². The predicted molar refractivity (Wildman–Crippen MR) is 127 cm³/mol. The zero-order valence-electron chi connectivity index (χ0n) is 19.5. The number of aliphatic hydroxyl groups excluding tert-OH is 1. The first kappa shape index (κ1) is 24.7. The maximum atomic E-state index is 13.3. The molecule has 0 spiro atoms. The maximum absolute atomic E-state index is 13.3. The minimum atomic E-state index is -0.636. The third-order valence-corrected chi connectivity index (χ3v) is 5.98. The second kappa shape index (κ2) is 10.4. The van der Waals surface area contributed by atoms with Crippen molar-refractivity contribution in [3.8, 4) is 0 Å². The molecule has 9 nitrogen and oxygen atoms in total. The quantitative estimate of drug-likeness (QED) is 0.576. The van der Waals surface area contributed by atoms with Crippen LogP contribution in [0.25, 0.3) is 5.65 Å². The lowest BCUT2D eigenvalue weighted by Crippen LogP contribution is -2.42. The van der Waals surface area contributed by atoms with Gasteiger partial charge in [0.25, 0.3) is 0 Å². The summed E-state index contributed by atoms with van der Waals surface area (Å²) >= 11 is 3.51. The molecule has 1 aliphatic rings. The average molecular weight is 512 g/mol. The van der Waals surface area contributed by atoms with E-state index in [2.05, 4.69) is 31.3 Å². The molecule has 1 fully saturated rings. The van der Waals surface area contributed by atoms with E-state index in [0.29, 0.717) is 41.5 Å². The molecule has 32 heavy (non-hydrogen) atoms. The Kier molecular flexibility index (Phi) is 8.00. The third-order valence-electron chi connectivity index (χ3n) is 5.42. The molecule has 0 aromatic carbocycles. The highest BCUT2D eigenvalue weighted by atomic mass is 79.9. The summed E-state index contributed by atoms with van der Waals surface area (Å²) < 4.78 is 13.6. The number of aliphatic hydroxyl groups is 1. The molecule has 1 aliphatic heterocycles. The molecule has 2 aromatic rings. The highest BCUT2D eigenvalue weighted by Gasteiger charge is 2.30. The van der Waals surface area contributed by atoms with Gasteiger partial charge in [0, 0.05) is 25.8 Å². The number of anilines is 2. The Bertz CT molecular complexity index is 921. The molecule has 1 saturated heterocycles. The normalized spacial score (nSPS) is 16.4. The summed E-state index contributed by atoms with van der Waals surface area (Å²) in [5, 5.41) is 17.5. The summed E-state index contributed by atoms with van der Waals surface area (Å²) in [5.74, 6) is 1.60. The van der Waals surface area contributed by atoms with Gasteiger partial charge in [0.05, 0.1) is 23.3 Å². The summed E-state index contributed by atoms with van der Waals surface area (Å²) in [4.78, 5) is 19.6. The molecule has 1 atom stereocenters. The lowest BCUT2D eigenvalue weighted by molar-refractivity contribution is 0.0512. The number of aromatic nitrogens is 3. The van der Waals surface area contributed by atoms with Crippen molar-refractivity contribution in [1.82, 2.24) is 14.6 Å². The average Bonchev–Trinajstić information content (AvgIpc) is 3.10. The Morgan fingerprint density at radius 1 is 1.41 bits per heavy atom. The number of fused-ring (bicyclic) bond motifs is 1. The number of amides is 1. The minimum absolute atomic E-state index is 0.0296. The topological polar surface area (TPSA) is 101 Å². The van der Waals surface area contributed by atoms with Crippen LogP contribution in [0.2, 0.25) is 0 Å². The Balaban J connectivity index is 2.05. The van der Waals surface area contributed by atoms with Crippen molar-refractivity contribution >= 4 is 39.3 Å². The molecule has 3 rings (SSSR count). The van der Waals surface area contributed by atoms with Gasteiger partial charge in [-0.2, -0.15) is 9.61 Å². The minimum Gasteiger partial charge on any atom is -0.443 e. The number of nitrogens with zero attached hydrogens (tertiary/aromatic N) is 4. The van der Waals surface area contributed by atoms with Crippen LogP contribution in [0.5, 0.6) is 0 Å². The highest BCUT2D eigenvalue weighted by molar-refractivity contribution is 9.10. The third kappa shape index (κ3) is 6.11. The van der Waals surface area contributed by atoms with Gasteiger partial charge in [-0.15, -0.1) is 0 Å². The van der Waals surface area contributed by atoms with Gasteiger partial charge in [0.15, 0.2) is 5.65 Å². The van der Waals surface area contributed by atoms with Crippen LogP contribution < -0.4 is 10.2 Å². The van der Waals surface area contributed by atoms with E-state index in [0.717, 1.165) is 12.8 Å². The number of hydrogen-bond donors (Lipinski definition) is 2. The van der Waals surface area contributed by atoms with E-state index in [9.17, 15) is 9.90 Å². The van der Waals surface area contributed by atoms with Crippen LogP contribution in [0, 0.1) is 11.8 Å². The van der Waals surface area contributed by atoms with E-state index in [1.807, 2.05) is 34.6 Å². The van der Waals surface area contributed by atoms with E-state index < -0.39 is 11.7 Å². The smallest absolute Gasteiger partial charge is 0.416 e. The van der Waals surface area contributed by atoms with Gasteiger partial charge in [-0.25, -0.2) is 9.78 Å². The maximum Gasteiger partial charge on any atom is 0.416 e. The zero-order chi connectivity index (χ0) is 23.5. The first-order valence-corrected chi connectivity index (χ1v) is 11.9. The number of carbonyl (C=O) groups excluding carboxylic acids is 1. The van der Waals surface area contributed by atoms with Crippen LogP contribution in [0.3, 0.4) is 0 Å². The molecule has 178 valence electrons. The van der Waals surface area contributed by atoms with Gasteiger partial charge in [0.1, 0.15) is 17.2 Å². The van der Waals surface area contributed by atoms with Crippen LogP contribution in [0.4, 0.5) is 16.4 Å². The van der Waals surface area contributed by atoms with Crippen molar-refractivity contribution in [2.75, 3.05) is 36.6 Å². The van der Waals surface area contributed by atoms with Crippen molar-refractivity contribution in [2.24, 2.45) is 11.8 Å².